The van der Waals surface area contributed by atoms with Crippen LogP contribution < -0.4 is 10.6 Å². The topological polar surface area (TPSA) is 58.5 Å². The Labute approximate surface area is 172 Å². The summed E-state index contributed by atoms with van der Waals surface area (Å²) < 4.78 is 5.33. The molecule has 28 heavy (non-hydrogen) atoms. The lowest BCUT2D eigenvalue weighted by Gasteiger charge is -2.29. The lowest BCUT2D eigenvalue weighted by Crippen LogP contribution is -2.43. The van der Waals surface area contributed by atoms with E-state index in [-0.39, 0.29) is 0 Å². The van der Waals surface area contributed by atoms with E-state index >= 15 is 0 Å². The summed E-state index contributed by atoms with van der Waals surface area (Å²) in [6.45, 7) is 2.62. The number of nitrogens with one attached hydrogen (secondary N) is 2. The Balaban J connectivity index is 1.45. The van der Waals surface area contributed by atoms with Gasteiger partial charge in [-0.25, -0.2) is 4.98 Å². The van der Waals surface area contributed by atoms with Gasteiger partial charge in [-0.1, -0.05) is 43.2 Å². The van der Waals surface area contributed by atoms with Crippen LogP contribution in [-0.2, 0) is 11.2 Å². The summed E-state index contributed by atoms with van der Waals surface area (Å²) in [5.41, 5.74) is 2.66. The first kappa shape index (κ1) is 20.8. The van der Waals surface area contributed by atoms with Crippen LogP contribution in [0.25, 0.3) is 10.6 Å². The van der Waals surface area contributed by atoms with Crippen LogP contribution >= 0.6 is 11.3 Å². The van der Waals surface area contributed by atoms with Gasteiger partial charge in [0.15, 0.2) is 5.96 Å². The number of methoxy groups -OCH3 is 1. The number of ether oxygens (including phenoxy) is 1. The van der Waals surface area contributed by atoms with E-state index in [1.165, 1.54) is 31.2 Å². The van der Waals surface area contributed by atoms with Gasteiger partial charge in [-0.05, 0) is 24.7 Å². The van der Waals surface area contributed by atoms with Crippen molar-refractivity contribution in [3.63, 3.8) is 0 Å². The molecule has 0 aliphatic heterocycles. The minimum absolute atomic E-state index is 0.354. The zero-order valence-electron chi connectivity index (χ0n) is 17.0. The lowest BCUT2D eigenvalue weighted by atomic mass is 9.83. The summed E-state index contributed by atoms with van der Waals surface area (Å²) in [5.74, 6) is 0.877. The van der Waals surface area contributed by atoms with Crippen LogP contribution in [0.1, 0.15) is 37.8 Å². The van der Waals surface area contributed by atoms with Crippen LogP contribution in [0.15, 0.2) is 40.7 Å². The maximum Gasteiger partial charge on any atom is 0.191 e. The average Bonchev–Trinajstić information content (AvgIpc) is 3.40. The number of hydrogen-bond acceptors (Lipinski definition) is 4. The van der Waals surface area contributed by atoms with Crippen molar-refractivity contribution in [2.24, 2.45) is 10.4 Å². The Morgan fingerprint density at radius 1 is 1.21 bits per heavy atom. The molecule has 1 saturated carbocycles. The Hall–Kier alpha value is -1.92. The van der Waals surface area contributed by atoms with Gasteiger partial charge >= 0.3 is 0 Å². The van der Waals surface area contributed by atoms with Crippen molar-refractivity contribution in [2.45, 2.75) is 38.5 Å². The predicted molar refractivity (Wildman–Crippen MR) is 118 cm³/mol. The third-order valence-corrected chi connectivity index (χ3v) is 6.54. The fraction of sp³-hybridized carbons (Fsp3) is 0.545. The van der Waals surface area contributed by atoms with Crippen LogP contribution in [0.3, 0.4) is 0 Å². The third-order valence-electron chi connectivity index (χ3n) is 5.60. The van der Waals surface area contributed by atoms with Gasteiger partial charge in [0.05, 0.1) is 5.69 Å². The second kappa shape index (κ2) is 10.6. The van der Waals surface area contributed by atoms with Crippen LogP contribution in [-0.4, -0.2) is 44.8 Å². The highest BCUT2D eigenvalue weighted by atomic mass is 32.1. The van der Waals surface area contributed by atoms with Crippen molar-refractivity contribution in [2.75, 3.05) is 33.9 Å². The molecule has 3 rings (SSSR count). The first-order valence-electron chi connectivity index (χ1n) is 10.2. The lowest BCUT2D eigenvalue weighted by molar-refractivity contribution is 0.138. The molecule has 2 aromatic rings. The van der Waals surface area contributed by atoms with Crippen molar-refractivity contribution in [1.82, 2.24) is 15.6 Å². The molecule has 0 atom stereocenters. The van der Waals surface area contributed by atoms with Gasteiger partial charge in [0.1, 0.15) is 5.01 Å². The Bertz CT molecular complexity index is 738. The Morgan fingerprint density at radius 2 is 2.00 bits per heavy atom. The maximum atomic E-state index is 5.33. The smallest absolute Gasteiger partial charge is 0.191 e. The standard InChI is InChI=1S/C22H32N4OS/c1-23-21(25-17-22(13-15-27-2)11-6-7-12-22)24-14-10-19-16-28-20(26-19)18-8-4-3-5-9-18/h3-5,8-9,16H,6-7,10-15,17H2,1-2H3,(H2,23,24,25). The molecule has 1 aliphatic carbocycles. The van der Waals surface area contributed by atoms with Crippen LogP contribution in [0.5, 0.6) is 0 Å². The maximum absolute atomic E-state index is 5.33. The first-order valence-corrected chi connectivity index (χ1v) is 11.1. The van der Waals surface area contributed by atoms with E-state index in [0.29, 0.717) is 5.41 Å². The molecule has 0 saturated heterocycles. The summed E-state index contributed by atoms with van der Waals surface area (Å²) in [7, 11) is 3.63. The number of thiazole rings is 1. The number of aromatic nitrogens is 1. The van der Waals surface area contributed by atoms with Crippen molar-refractivity contribution >= 4 is 17.3 Å². The normalized spacial score (nSPS) is 16.3. The second-order valence-corrected chi connectivity index (χ2v) is 8.42. The van der Waals surface area contributed by atoms with Crippen LogP contribution in [0, 0.1) is 5.41 Å². The van der Waals surface area contributed by atoms with Crippen molar-refractivity contribution in [1.29, 1.82) is 0 Å². The molecule has 1 aromatic carbocycles. The number of rotatable bonds is 9. The second-order valence-electron chi connectivity index (χ2n) is 7.56. The van der Waals surface area contributed by atoms with Gasteiger partial charge < -0.3 is 15.4 Å². The molecule has 0 unspecified atom stereocenters. The molecule has 0 spiro atoms. The summed E-state index contributed by atoms with van der Waals surface area (Å²) >= 11 is 1.70. The summed E-state index contributed by atoms with van der Waals surface area (Å²) in [5, 5.41) is 10.2. The van der Waals surface area contributed by atoms with Crippen LogP contribution in [0.4, 0.5) is 0 Å². The number of hydrogen-bond donors (Lipinski definition) is 2. The molecule has 6 heteroatoms. The monoisotopic (exact) mass is 400 g/mol. The van der Waals surface area contributed by atoms with Gasteiger partial charge in [0.25, 0.3) is 0 Å². The first-order chi connectivity index (χ1) is 13.7. The van der Waals surface area contributed by atoms with Gasteiger partial charge in [-0.2, -0.15) is 0 Å². The fourth-order valence-electron chi connectivity index (χ4n) is 3.89. The van der Waals surface area contributed by atoms with E-state index in [9.17, 15) is 0 Å². The van der Waals surface area contributed by atoms with Crippen molar-refractivity contribution in [3.8, 4) is 10.6 Å². The molecular weight excluding hydrogens is 368 g/mol. The highest BCUT2D eigenvalue weighted by Crippen LogP contribution is 2.40. The zero-order chi connectivity index (χ0) is 19.7. The SMILES string of the molecule is CN=C(NCCc1csc(-c2ccccc2)n1)NCC1(CCOC)CCCC1. The van der Waals surface area contributed by atoms with Gasteiger partial charge in [-0.15, -0.1) is 11.3 Å². The molecule has 1 heterocycles. The predicted octanol–water partition coefficient (Wildman–Crippen LogP) is 4.11. The highest BCUT2D eigenvalue weighted by molar-refractivity contribution is 7.13. The molecule has 152 valence electrons. The van der Waals surface area contributed by atoms with Crippen LogP contribution in [0.2, 0.25) is 0 Å². The Morgan fingerprint density at radius 3 is 2.71 bits per heavy atom. The van der Waals surface area contributed by atoms with Gasteiger partial charge in [-0.3, -0.25) is 4.99 Å². The van der Waals surface area contributed by atoms with E-state index in [1.807, 2.05) is 13.1 Å². The minimum atomic E-state index is 0.354. The number of nitrogens with zero attached hydrogens (tertiary/aromatic N) is 2. The molecule has 1 aliphatic rings. The molecule has 2 N–H and O–H groups in total. The van der Waals surface area contributed by atoms with E-state index in [1.54, 1.807) is 18.4 Å². The summed E-state index contributed by atoms with van der Waals surface area (Å²) in [6.07, 6.45) is 7.21. The largest absolute Gasteiger partial charge is 0.385 e. The average molecular weight is 401 g/mol. The summed E-state index contributed by atoms with van der Waals surface area (Å²) in [6, 6.07) is 10.4. The van der Waals surface area contributed by atoms with Crippen molar-refractivity contribution < 1.29 is 4.74 Å². The van der Waals surface area contributed by atoms with Gasteiger partial charge in [0.2, 0.25) is 0 Å². The molecule has 0 radical (unpaired) electrons. The molecular formula is C22H32N4OS. The Kier molecular flexibility index (Phi) is 7.86. The third kappa shape index (κ3) is 5.79. The van der Waals surface area contributed by atoms with E-state index in [4.69, 9.17) is 9.72 Å². The number of aliphatic imine (C=N–C) groups is 1. The molecule has 5 nitrogen and oxygen atoms in total. The molecule has 0 bridgehead atoms. The zero-order valence-corrected chi connectivity index (χ0v) is 17.9. The van der Waals surface area contributed by atoms with Gasteiger partial charge in [0, 0.05) is 51.2 Å². The van der Waals surface area contributed by atoms with Crippen molar-refractivity contribution in [3.05, 3.63) is 41.4 Å². The minimum Gasteiger partial charge on any atom is -0.385 e. The fourth-order valence-corrected chi connectivity index (χ4v) is 4.76. The quantitative estimate of drug-likeness (QED) is 0.491. The number of benzene rings is 1. The molecule has 1 fully saturated rings. The van der Waals surface area contributed by atoms with E-state index in [2.05, 4.69) is 45.3 Å². The van der Waals surface area contributed by atoms with E-state index in [0.717, 1.165) is 49.2 Å². The molecule has 0 amide bonds. The number of guanidine groups is 1. The highest BCUT2D eigenvalue weighted by Gasteiger charge is 2.33. The molecule has 1 aromatic heterocycles. The summed E-state index contributed by atoms with van der Waals surface area (Å²) in [4.78, 5) is 9.15. The van der Waals surface area contributed by atoms with E-state index < -0.39 is 0 Å².